The third-order valence-corrected chi connectivity index (χ3v) is 4.32. The molecule has 0 unspecified atom stereocenters. The molecule has 0 atom stereocenters. The van der Waals surface area contributed by atoms with Crippen LogP contribution in [0.25, 0.3) is 0 Å². The predicted octanol–water partition coefficient (Wildman–Crippen LogP) is 3.00. The normalized spacial score (nSPS) is 16.9. The topological polar surface area (TPSA) is 89.4 Å². The SMILES string of the molecule is CCCCCOc1ccc(F)cc1C=N/N=C1/NC(=O)/C(=C\C(=O)OC)S1. The Morgan fingerprint density at radius 2 is 2.19 bits per heavy atom. The Hall–Kier alpha value is -2.68. The van der Waals surface area contributed by atoms with Gasteiger partial charge in [-0.25, -0.2) is 9.18 Å². The third-order valence-electron chi connectivity index (χ3n) is 3.42. The number of nitrogens with zero attached hydrogens (tertiary/aromatic N) is 2. The van der Waals surface area contributed by atoms with Crippen LogP contribution in [0.2, 0.25) is 0 Å². The number of hydrogen-bond acceptors (Lipinski definition) is 7. The molecule has 0 bridgehead atoms. The quantitative estimate of drug-likeness (QED) is 0.241. The number of amides is 1. The first-order chi connectivity index (χ1) is 13.0. The summed E-state index contributed by atoms with van der Waals surface area (Å²) in [6.07, 6.45) is 5.46. The van der Waals surface area contributed by atoms with Crippen LogP contribution in [0, 0.1) is 5.82 Å². The van der Waals surface area contributed by atoms with Crippen LogP contribution >= 0.6 is 11.8 Å². The molecule has 1 heterocycles. The minimum Gasteiger partial charge on any atom is -0.493 e. The molecule has 1 aromatic carbocycles. The van der Waals surface area contributed by atoms with Gasteiger partial charge in [0.15, 0.2) is 5.17 Å². The van der Waals surface area contributed by atoms with E-state index >= 15 is 0 Å². The summed E-state index contributed by atoms with van der Waals surface area (Å²) in [7, 11) is 1.22. The van der Waals surface area contributed by atoms with Crippen LogP contribution in [-0.2, 0) is 14.3 Å². The summed E-state index contributed by atoms with van der Waals surface area (Å²) < 4.78 is 23.7. The standard InChI is InChI=1S/C18H20FN3O4S/c1-3-4-5-8-26-14-7-6-13(19)9-12(14)11-20-22-18-21-17(24)15(27-18)10-16(23)25-2/h6-7,9-11H,3-5,8H2,1-2H3,(H,21,22,24)/b15-10+,20-11?. The fraction of sp³-hybridized carbons (Fsp3) is 0.333. The van der Waals surface area contributed by atoms with E-state index in [1.54, 1.807) is 6.07 Å². The van der Waals surface area contributed by atoms with E-state index < -0.39 is 17.7 Å². The molecule has 0 aliphatic carbocycles. The summed E-state index contributed by atoms with van der Waals surface area (Å²) in [5.41, 5.74) is 0.440. The number of nitrogens with one attached hydrogen (secondary N) is 1. The highest BCUT2D eigenvalue weighted by molar-refractivity contribution is 8.18. The predicted molar refractivity (Wildman–Crippen MR) is 102 cm³/mol. The molecule has 1 amide bonds. The van der Waals surface area contributed by atoms with E-state index in [2.05, 4.69) is 27.2 Å². The number of benzene rings is 1. The Kier molecular flexibility index (Phi) is 8.00. The minimum absolute atomic E-state index is 0.154. The molecule has 1 saturated heterocycles. The van der Waals surface area contributed by atoms with E-state index in [1.165, 1.54) is 25.5 Å². The van der Waals surface area contributed by atoms with Gasteiger partial charge in [0.25, 0.3) is 5.91 Å². The number of thioether (sulfide) groups is 1. The second-order valence-corrected chi connectivity index (χ2v) is 6.51. The maximum absolute atomic E-state index is 13.5. The molecule has 1 aromatic rings. The number of methoxy groups -OCH3 is 1. The molecule has 0 saturated carbocycles. The Balaban J connectivity index is 2.06. The summed E-state index contributed by atoms with van der Waals surface area (Å²) in [5, 5.41) is 10.4. The van der Waals surface area contributed by atoms with Crippen LogP contribution in [0.4, 0.5) is 4.39 Å². The average molecular weight is 393 g/mol. The highest BCUT2D eigenvalue weighted by Gasteiger charge is 2.25. The van der Waals surface area contributed by atoms with Crippen LogP contribution in [-0.4, -0.2) is 37.0 Å². The van der Waals surface area contributed by atoms with Crippen molar-refractivity contribution in [2.45, 2.75) is 26.2 Å². The van der Waals surface area contributed by atoms with E-state index in [-0.39, 0.29) is 10.1 Å². The highest BCUT2D eigenvalue weighted by Crippen LogP contribution is 2.23. The number of hydrogen-bond donors (Lipinski definition) is 1. The zero-order valence-electron chi connectivity index (χ0n) is 15.0. The number of amidine groups is 1. The van der Waals surface area contributed by atoms with Gasteiger partial charge in [-0.1, -0.05) is 19.8 Å². The molecule has 1 aliphatic heterocycles. The summed E-state index contributed by atoms with van der Waals surface area (Å²) in [6.45, 7) is 2.63. The molecular formula is C18H20FN3O4S. The molecule has 2 rings (SSSR count). The van der Waals surface area contributed by atoms with Crippen molar-refractivity contribution in [1.82, 2.24) is 5.32 Å². The fourth-order valence-electron chi connectivity index (χ4n) is 2.07. The molecule has 9 heteroatoms. The number of ether oxygens (including phenoxy) is 2. The molecule has 144 valence electrons. The zero-order valence-corrected chi connectivity index (χ0v) is 15.8. The van der Waals surface area contributed by atoms with Crippen molar-refractivity contribution in [2.24, 2.45) is 10.2 Å². The molecule has 0 spiro atoms. The second-order valence-electron chi connectivity index (χ2n) is 5.48. The van der Waals surface area contributed by atoms with Gasteiger partial charge < -0.3 is 9.47 Å². The van der Waals surface area contributed by atoms with Crippen molar-refractivity contribution in [1.29, 1.82) is 0 Å². The Morgan fingerprint density at radius 3 is 2.93 bits per heavy atom. The van der Waals surface area contributed by atoms with Crippen molar-refractivity contribution in [3.63, 3.8) is 0 Å². The van der Waals surface area contributed by atoms with Crippen LogP contribution < -0.4 is 10.1 Å². The van der Waals surface area contributed by atoms with Gasteiger partial charge in [-0.05, 0) is 36.4 Å². The zero-order chi connectivity index (χ0) is 19.6. The summed E-state index contributed by atoms with van der Waals surface area (Å²) in [6, 6.07) is 4.15. The molecule has 27 heavy (non-hydrogen) atoms. The smallest absolute Gasteiger partial charge is 0.331 e. The molecule has 7 nitrogen and oxygen atoms in total. The van der Waals surface area contributed by atoms with E-state index in [4.69, 9.17) is 4.74 Å². The Bertz CT molecular complexity index is 793. The van der Waals surface area contributed by atoms with Gasteiger partial charge in [-0.15, -0.1) is 5.10 Å². The Labute approximate surface area is 160 Å². The van der Waals surface area contributed by atoms with Crippen molar-refractivity contribution in [3.05, 3.63) is 40.6 Å². The van der Waals surface area contributed by atoms with E-state index in [1.807, 2.05) is 0 Å². The maximum atomic E-state index is 13.5. The number of carbonyl (C=O) groups excluding carboxylic acids is 2. The number of halogens is 1. The first-order valence-corrected chi connectivity index (χ1v) is 9.17. The first kappa shape index (κ1) is 20.6. The summed E-state index contributed by atoms with van der Waals surface area (Å²) in [5.74, 6) is -1.02. The summed E-state index contributed by atoms with van der Waals surface area (Å²) in [4.78, 5) is 23.1. The molecule has 1 aliphatic rings. The largest absolute Gasteiger partial charge is 0.493 e. The number of unbranched alkanes of at least 4 members (excludes halogenated alkanes) is 2. The van der Waals surface area contributed by atoms with E-state index in [9.17, 15) is 14.0 Å². The van der Waals surface area contributed by atoms with Gasteiger partial charge in [0, 0.05) is 11.6 Å². The van der Waals surface area contributed by atoms with E-state index in [0.29, 0.717) is 17.9 Å². The lowest BCUT2D eigenvalue weighted by Crippen LogP contribution is -2.19. The number of esters is 1. The first-order valence-electron chi connectivity index (χ1n) is 8.35. The lowest BCUT2D eigenvalue weighted by atomic mass is 10.2. The molecule has 0 radical (unpaired) electrons. The van der Waals surface area contributed by atoms with Crippen LogP contribution in [0.15, 0.2) is 39.4 Å². The van der Waals surface area contributed by atoms with Crippen LogP contribution in [0.3, 0.4) is 0 Å². The lowest BCUT2D eigenvalue weighted by Gasteiger charge is -2.08. The van der Waals surface area contributed by atoms with Gasteiger partial charge in [0.1, 0.15) is 11.6 Å². The van der Waals surface area contributed by atoms with Gasteiger partial charge in [-0.3, -0.25) is 10.1 Å². The molecule has 1 fully saturated rings. The monoisotopic (exact) mass is 393 g/mol. The fourth-order valence-corrected chi connectivity index (χ4v) is 2.81. The van der Waals surface area contributed by atoms with Gasteiger partial charge in [0.2, 0.25) is 0 Å². The van der Waals surface area contributed by atoms with Crippen molar-refractivity contribution < 1.29 is 23.5 Å². The molecule has 1 N–H and O–H groups in total. The van der Waals surface area contributed by atoms with Gasteiger partial charge in [0.05, 0.1) is 24.8 Å². The molecule has 0 aromatic heterocycles. The minimum atomic E-state index is -0.637. The Morgan fingerprint density at radius 1 is 1.37 bits per heavy atom. The summed E-state index contributed by atoms with van der Waals surface area (Å²) >= 11 is 0.955. The van der Waals surface area contributed by atoms with Crippen molar-refractivity contribution >= 4 is 35.0 Å². The van der Waals surface area contributed by atoms with Gasteiger partial charge >= 0.3 is 5.97 Å². The molecular weight excluding hydrogens is 373 g/mol. The lowest BCUT2D eigenvalue weighted by molar-refractivity contribution is -0.135. The maximum Gasteiger partial charge on any atom is 0.331 e. The third kappa shape index (κ3) is 6.52. The van der Waals surface area contributed by atoms with E-state index in [0.717, 1.165) is 37.1 Å². The number of carbonyl (C=O) groups is 2. The highest BCUT2D eigenvalue weighted by atomic mass is 32.2. The van der Waals surface area contributed by atoms with Gasteiger partial charge in [-0.2, -0.15) is 5.10 Å². The van der Waals surface area contributed by atoms with Crippen molar-refractivity contribution in [2.75, 3.05) is 13.7 Å². The number of rotatable bonds is 8. The van der Waals surface area contributed by atoms with Crippen molar-refractivity contribution in [3.8, 4) is 5.75 Å². The van der Waals surface area contributed by atoms with Crippen LogP contribution in [0.5, 0.6) is 5.75 Å². The average Bonchev–Trinajstić information content (AvgIpc) is 2.99. The van der Waals surface area contributed by atoms with Crippen LogP contribution in [0.1, 0.15) is 31.7 Å². The second kappa shape index (κ2) is 10.5.